The number of nitrogens with zero attached hydrogens (tertiary/aromatic N) is 6. The fourth-order valence-electron chi connectivity index (χ4n) is 2.68. The zero-order valence-corrected chi connectivity index (χ0v) is 14.6. The Hall–Kier alpha value is -3.09. The molecule has 0 saturated heterocycles. The molecule has 4 rings (SSSR count). The average Bonchev–Trinajstić information content (AvgIpc) is 3.23. The first-order chi connectivity index (χ1) is 12.0. The van der Waals surface area contributed by atoms with Crippen molar-refractivity contribution in [1.82, 2.24) is 30.1 Å². The second kappa shape index (κ2) is 5.77. The molecule has 0 atom stereocenters. The molecule has 0 N–H and O–H groups in total. The van der Waals surface area contributed by atoms with E-state index in [1.807, 2.05) is 42.8 Å². The van der Waals surface area contributed by atoms with Gasteiger partial charge in [0.2, 0.25) is 5.82 Å². The number of aromatic nitrogens is 6. The van der Waals surface area contributed by atoms with Gasteiger partial charge in [-0.05, 0) is 57.5 Å². The highest BCUT2D eigenvalue weighted by Gasteiger charge is 2.14. The minimum absolute atomic E-state index is 0.255. The number of aryl methyl sites for hydroxylation is 2. The van der Waals surface area contributed by atoms with E-state index >= 15 is 0 Å². The van der Waals surface area contributed by atoms with Crippen LogP contribution in [0.4, 0.5) is 0 Å². The first kappa shape index (κ1) is 15.4. The number of rotatable bonds is 3. The van der Waals surface area contributed by atoms with Gasteiger partial charge in [0.1, 0.15) is 5.52 Å². The quantitative estimate of drug-likeness (QED) is 0.567. The number of hydrogen-bond donors (Lipinski definition) is 0. The van der Waals surface area contributed by atoms with E-state index < -0.39 is 0 Å². The molecule has 0 unspecified atom stereocenters. The largest absolute Gasteiger partial charge is 0.334 e. The predicted molar refractivity (Wildman–Crippen MR) is 93.9 cm³/mol. The molecule has 0 amide bonds. The van der Waals surface area contributed by atoms with Crippen molar-refractivity contribution in [2.75, 3.05) is 0 Å². The van der Waals surface area contributed by atoms with Gasteiger partial charge >= 0.3 is 0 Å². The molecular weight excluding hydrogens is 316 g/mol. The summed E-state index contributed by atoms with van der Waals surface area (Å²) in [6.45, 7) is 8.13. The van der Waals surface area contributed by atoms with E-state index in [4.69, 9.17) is 4.52 Å². The van der Waals surface area contributed by atoms with Crippen LogP contribution in [0.3, 0.4) is 0 Å². The topological polar surface area (TPSA) is 82.5 Å². The number of fused-ring (bicyclic) bond motifs is 1. The Morgan fingerprint density at radius 3 is 2.68 bits per heavy atom. The van der Waals surface area contributed by atoms with E-state index in [-0.39, 0.29) is 6.04 Å². The maximum Gasteiger partial charge on any atom is 0.259 e. The summed E-state index contributed by atoms with van der Waals surface area (Å²) in [5, 5.41) is 12.5. The van der Waals surface area contributed by atoms with Crippen LogP contribution in [0.25, 0.3) is 33.9 Å². The molecule has 4 aromatic rings. The zero-order chi connectivity index (χ0) is 17.6. The molecule has 3 heterocycles. The van der Waals surface area contributed by atoms with Crippen molar-refractivity contribution in [2.24, 2.45) is 0 Å². The Labute approximate surface area is 144 Å². The molecule has 0 fully saturated rings. The Bertz CT molecular complexity index is 1060. The number of benzene rings is 1. The van der Waals surface area contributed by atoms with Gasteiger partial charge in [-0.3, -0.25) is 4.98 Å². The van der Waals surface area contributed by atoms with Crippen LogP contribution in [0.2, 0.25) is 0 Å². The first-order valence-electron chi connectivity index (χ1n) is 8.15. The van der Waals surface area contributed by atoms with Crippen LogP contribution in [0.5, 0.6) is 0 Å². The third kappa shape index (κ3) is 2.67. The summed E-state index contributed by atoms with van der Waals surface area (Å²) in [5.41, 5.74) is 5.53. The lowest BCUT2D eigenvalue weighted by Crippen LogP contribution is -2.02. The Balaban J connectivity index is 1.72. The van der Waals surface area contributed by atoms with Crippen molar-refractivity contribution in [1.29, 1.82) is 0 Å². The first-order valence-corrected chi connectivity index (χ1v) is 8.15. The summed E-state index contributed by atoms with van der Waals surface area (Å²) < 4.78 is 7.30. The minimum Gasteiger partial charge on any atom is -0.334 e. The highest BCUT2D eigenvalue weighted by atomic mass is 16.5. The maximum atomic E-state index is 5.41. The number of pyridine rings is 1. The smallest absolute Gasteiger partial charge is 0.259 e. The van der Waals surface area contributed by atoms with Gasteiger partial charge < -0.3 is 4.52 Å². The monoisotopic (exact) mass is 334 g/mol. The highest BCUT2D eigenvalue weighted by Crippen LogP contribution is 2.25. The molecular formula is C18H18N6O. The Kier molecular flexibility index (Phi) is 3.56. The van der Waals surface area contributed by atoms with Crippen molar-refractivity contribution in [3.63, 3.8) is 0 Å². The molecule has 0 radical (unpaired) electrons. The minimum atomic E-state index is 0.255. The lowest BCUT2D eigenvalue weighted by molar-refractivity contribution is 0.432. The third-order valence-electron chi connectivity index (χ3n) is 4.23. The van der Waals surface area contributed by atoms with E-state index in [0.29, 0.717) is 11.7 Å². The molecule has 0 saturated carbocycles. The van der Waals surface area contributed by atoms with Gasteiger partial charge in [-0.25, -0.2) is 4.68 Å². The summed E-state index contributed by atoms with van der Waals surface area (Å²) >= 11 is 0. The van der Waals surface area contributed by atoms with Crippen molar-refractivity contribution in [2.45, 2.75) is 33.7 Å². The van der Waals surface area contributed by atoms with Crippen molar-refractivity contribution < 1.29 is 4.52 Å². The van der Waals surface area contributed by atoms with Gasteiger partial charge in [-0.2, -0.15) is 4.98 Å². The SMILES string of the molecule is Cc1cc(-c2nc(-c3ccc4c(c3)nnn4C(C)C)no2)cnc1C. The molecule has 25 heavy (non-hydrogen) atoms. The Morgan fingerprint density at radius 1 is 1.08 bits per heavy atom. The van der Waals surface area contributed by atoms with Crippen LogP contribution in [-0.4, -0.2) is 30.1 Å². The van der Waals surface area contributed by atoms with Crippen LogP contribution < -0.4 is 0 Å². The lowest BCUT2D eigenvalue weighted by Gasteiger charge is -2.04. The molecule has 0 spiro atoms. The fourth-order valence-corrected chi connectivity index (χ4v) is 2.68. The van der Waals surface area contributed by atoms with Gasteiger partial charge in [0, 0.05) is 23.5 Å². The summed E-state index contributed by atoms with van der Waals surface area (Å²) in [4.78, 5) is 8.85. The van der Waals surface area contributed by atoms with Crippen molar-refractivity contribution in [3.05, 3.63) is 41.7 Å². The van der Waals surface area contributed by atoms with E-state index in [1.165, 1.54) is 0 Å². The fraction of sp³-hybridized carbons (Fsp3) is 0.278. The molecule has 0 aliphatic rings. The lowest BCUT2D eigenvalue weighted by atomic mass is 10.1. The molecule has 3 aromatic heterocycles. The van der Waals surface area contributed by atoms with Gasteiger partial charge in [0.15, 0.2) is 0 Å². The van der Waals surface area contributed by atoms with Gasteiger partial charge in [0.25, 0.3) is 5.89 Å². The van der Waals surface area contributed by atoms with Crippen LogP contribution in [0.15, 0.2) is 35.0 Å². The van der Waals surface area contributed by atoms with E-state index in [0.717, 1.165) is 33.4 Å². The maximum absolute atomic E-state index is 5.41. The van der Waals surface area contributed by atoms with Gasteiger partial charge in [-0.1, -0.05) is 10.4 Å². The highest BCUT2D eigenvalue weighted by molar-refractivity contribution is 5.80. The molecule has 1 aromatic carbocycles. The average molecular weight is 334 g/mol. The third-order valence-corrected chi connectivity index (χ3v) is 4.23. The van der Waals surface area contributed by atoms with Crippen LogP contribution in [-0.2, 0) is 0 Å². The summed E-state index contributed by atoms with van der Waals surface area (Å²) in [6.07, 6.45) is 1.75. The molecule has 0 bridgehead atoms. The van der Waals surface area contributed by atoms with Crippen LogP contribution in [0, 0.1) is 13.8 Å². The van der Waals surface area contributed by atoms with Gasteiger partial charge in [-0.15, -0.1) is 5.10 Å². The van der Waals surface area contributed by atoms with Crippen molar-refractivity contribution in [3.8, 4) is 22.8 Å². The molecule has 7 nitrogen and oxygen atoms in total. The van der Waals surface area contributed by atoms with Crippen LogP contribution in [0.1, 0.15) is 31.1 Å². The van der Waals surface area contributed by atoms with E-state index in [2.05, 4.69) is 39.3 Å². The summed E-state index contributed by atoms with van der Waals surface area (Å²) in [6, 6.07) is 8.12. The Morgan fingerprint density at radius 2 is 1.92 bits per heavy atom. The molecule has 0 aliphatic carbocycles. The van der Waals surface area contributed by atoms with Gasteiger partial charge in [0.05, 0.1) is 11.1 Å². The second-order valence-corrected chi connectivity index (χ2v) is 6.38. The molecule has 0 aliphatic heterocycles. The molecule has 126 valence electrons. The normalized spacial score (nSPS) is 11.6. The zero-order valence-electron chi connectivity index (χ0n) is 14.6. The van der Waals surface area contributed by atoms with E-state index in [9.17, 15) is 0 Å². The number of hydrogen-bond acceptors (Lipinski definition) is 6. The summed E-state index contributed by atoms with van der Waals surface area (Å²) in [5.74, 6) is 0.978. The standard InChI is InChI=1S/C18H18N6O/c1-10(2)24-16-6-5-13(8-15(16)21-23-24)17-20-18(25-22-17)14-7-11(3)12(4)19-9-14/h5-10H,1-4H3. The van der Waals surface area contributed by atoms with E-state index in [1.54, 1.807) is 6.20 Å². The predicted octanol–water partition coefficient (Wildman–Crippen LogP) is 3.74. The molecule has 7 heteroatoms. The van der Waals surface area contributed by atoms with Crippen LogP contribution >= 0.6 is 0 Å². The second-order valence-electron chi connectivity index (χ2n) is 6.38. The van der Waals surface area contributed by atoms with Crippen molar-refractivity contribution >= 4 is 11.0 Å². The summed E-state index contributed by atoms with van der Waals surface area (Å²) in [7, 11) is 0.